The number of carbonyl (C=O) groups is 1. The number of hydrogen-bond donors (Lipinski definition) is 1. The third-order valence-electron chi connectivity index (χ3n) is 3.69. The van der Waals surface area contributed by atoms with Crippen LogP contribution in [0, 0.1) is 10.1 Å². The van der Waals surface area contributed by atoms with E-state index in [9.17, 15) is 14.9 Å². The Labute approximate surface area is 137 Å². The molecule has 1 atom stereocenters. The average Bonchev–Trinajstić information content (AvgIpc) is 3.01. The quantitative estimate of drug-likeness (QED) is 0.519. The molecule has 0 saturated carbocycles. The van der Waals surface area contributed by atoms with Gasteiger partial charge in [-0.15, -0.1) is 0 Å². The fourth-order valence-corrected chi connectivity index (χ4v) is 2.68. The third-order valence-corrected chi connectivity index (χ3v) is 3.69. The molecule has 0 spiro atoms. The SMILES string of the molecule is CCOC(=O)C1=C(C)Nc2ncnn2C1c1cccc([N+](=O)[O-])c1. The van der Waals surface area contributed by atoms with Crippen molar-refractivity contribution in [3.05, 3.63) is 57.5 Å². The third kappa shape index (κ3) is 2.60. The van der Waals surface area contributed by atoms with Gasteiger partial charge in [0.15, 0.2) is 0 Å². The minimum atomic E-state index is -0.650. The van der Waals surface area contributed by atoms with Gasteiger partial charge in [0.1, 0.15) is 12.4 Å². The number of rotatable bonds is 4. The molecule has 1 aromatic carbocycles. The molecule has 2 aromatic rings. The van der Waals surface area contributed by atoms with Gasteiger partial charge in [0.25, 0.3) is 5.69 Å². The normalized spacial score (nSPS) is 16.3. The zero-order valence-corrected chi connectivity index (χ0v) is 13.1. The van der Waals surface area contributed by atoms with Gasteiger partial charge in [0.2, 0.25) is 5.95 Å². The van der Waals surface area contributed by atoms with Gasteiger partial charge in [-0.1, -0.05) is 12.1 Å². The Kier molecular flexibility index (Phi) is 3.98. The van der Waals surface area contributed by atoms with E-state index in [0.29, 0.717) is 22.8 Å². The average molecular weight is 329 g/mol. The smallest absolute Gasteiger partial charge is 0.338 e. The van der Waals surface area contributed by atoms with E-state index in [1.54, 1.807) is 26.0 Å². The van der Waals surface area contributed by atoms with Gasteiger partial charge in [-0.3, -0.25) is 10.1 Å². The van der Waals surface area contributed by atoms with Gasteiger partial charge in [0, 0.05) is 17.8 Å². The molecule has 9 nitrogen and oxygen atoms in total. The number of allylic oxidation sites excluding steroid dienone is 1. The number of fused-ring (bicyclic) bond motifs is 1. The van der Waals surface area contributed by atoms with Crippen molar-refractivity contribution in [2.45, 2.75) is 19.9 Å². The van der Waals surface area contributed by atoms with Gasteiger partial charge < -0.3 is 10.1 Å². The van der Waals surface area contributed by atoms with Crippen molar-refractivity contribution in [2.24, 2.45) is 0 Å². The van der Waals surface area contributed by atoms with Crippen molar-refractivity contribution in [1.29, 1.82) is 0 Å². The van der Waals surface area contributed by atoms with Gasteiger partial charge in [0.05, 0.1) is 17.1 Å². The predicted octanol–water partition coefficient (Wildman–Crippen LogP) is 2.04. The van der Waals surface area contributed by atoms with Gasteiger partial charge >= 0.3 is 5.97 Å². The molecule has 0 amide bonds. The van der Waals surface area contributed by atoms with Crippen LogP contribution in [0.1, 0.15) is 25.5 Å². The lowest BCUT2D eigenvalue weighted by Crippen LogP contribution is -2.29. The van der Waals surface area contributed by atoms with E-state index < -0.39 is 16.9 Å². The van der Waals surface area contributed by atoms with Crippen LogP contribution in [0.15, 0.2) is 41.9 Å². The Balaban J connectivity index is 2.16. The van der Waals surface area contributed by atoms with Crippen LogP contribution >= 0.6 is 0 Å². The highest BCUT2D eigenvalue weighted by molar-refractivity contribution is 5.92. The summed E-state index contributed by atoms with van der Waals surface area (Å²) in [5, 5.41) is 18.2. The molecule has 0 radical (unpaired) electrons. The van der Waals surface area contributed by atoms with Crippen LogP contribution in [0.3, 0.4) is 0 Å². The van der Waals surface area contributed by atoms with E-state index in [1.807, 2.05) is 0 Å². The standard InChI is InChI=1S/C15H15N5O4/c1-3-24-14(21)12-9(2)18-15-16-8-17-19(15)13(12)10-5-4-6-11(7-10)20(22)23/h4-8,13H,3H2,1-2H3,(H,16,17,18). The molecular weight excluding hydrogens is 314 g/mol. The van der Waals surface area contributed by atoms with Crippen LogP contribution in [-0.2, 0) is 9.53 Å². The van der Waals surface area contributed by atoms with Gasteiger partial charge in [-0.2, -0.15) is 10.1 Å². The fraction of sp³-hybridized carbons (Fsp3) is 0.267. The molecule has 124 valence electrons. The number of ether oxygens (including phenoxy) is 1. The summed E-state index contributed by atoms with van der Waals surface area (Å²) in [5.74, 6) is -0.0442. The van der Waals surface area contributed by atoms with Crippen LogP contribution in [0.25, 0.3) is 0 Å². The maximum absolute atomic E-state index is 12.4. The second-order valence-electron chi connectivity index (χ2n) is 5.17. The molecule has 2 heterocycles. The van der Waals surface area contributed by atoms with Crippen molar-refractivity contribution in [1.82, 2.24) is 14.8 Å². The maximum Gasteiger partial charge on any atom is 0.338 e. The van der Waals surface area contributed by atoms with Gasteiger partial charge in [-0.05, 0) is 19.4 Å². The number of nitro benzene ring substituents is 1. The minimum Gasteiger partial charge on any atom is -0.463 e. The summed E-state index contributed by atoms with van der Waals surface area (Å²) in [6, 6.07) is 5.45. The zero-order valence-electron chi connectivity index (χ0n) is 13.1. The lowest BCUT2D eigenvalue weighted by atomic mass is 9.95. The first-order valence-corrected chi connectivity index (χ1v) is 7.31. The van der Waals surface area contributed by atoms with Crippen molar-refractivity contribution in [3.63, 3.8) is 0 Å². The number of aromatic nitrogens is 3. The zero-order chi connectivity index (χ0) is 17.3. The number of esters is 1. The highest BCUT2D eigenvalue weighted by Gasteiger charge is 2.34. The van der Waals surface area contributed by atoms with Gasteiger partial charge in [-0.25, -0.2) is 9.48 Å². The minimum absolute atomic E-state index is 0.0615. The number of carbonyl (C=O) groups excluding carboxylic acids is 1. The lowest BCUT2D eigenvalue weighted by Gasteiger charge is -2.28. The molecule has 24 heavy (non-hydrogen) atoms. The summed E-state index contributed by atoms with van der Waals surface area (Å²) in [6.45, 7) is 3.67. The first-order chi connectivity index (χ1) is 11.5. The van der Waals surface area contributed by atoms with Crippen LogP contribution in [0.5, 0.6) is 0 Å². The van der Waals surface area contributed by atoms with Crippen LogP contribution in [-0.4, -0.2) is 32.3 Å². The largest absolute Gasteiger partial charge is 0.463 e. The summed E-state index contributed by atoms with van der Waals surface area (Å²) in [6.07, 6.45) is 1.36. The molecule has 0 saturated heterocycles. The molecule has 1 N–H and O–H groups in total. The number of nitro groups is 1. The monoisotopic (exact) mass is 329 g/mol. The number of hydrogen-bond acceptors (Lipinski definition) is 7. The fourth-order valence-electron chi connectivity index (χ4n) is 2.68. The van der Waals surface area contributed by atoms with E-state index in [1.165, 1.54) is 23.1 Å². The Morgan fingerprint density at radius 3 is 3.00 bits per heavy atom. The highest BCUT2D eigenvalue weighted by atomic mass is 16.6. The van der Waals surface area contributed by atoms with Crippen molar-refractivity contribution in [3.8, 4) is 0 Å². The Morgan fingerprint density at radius 1 is 1.50 bits per heavy atom. The topological polar surface area (TPSA) is 112 Å². The lowest BCUT2D eigenvalue weighted by molar-refractivity contribution is -0.384. The molecule has 0 fully saturated rings. The summed E-state index contributed by atoms with van der Waals surface area (Å²) >= 11 is 0. The first-order valence-electron chi connectivity index (χ1n) is 7.31. The Morgan fingerprint density at radius 2 is 2.29 bits per heavy atom. The molecule has 1 aliphatic heterocycles. The second kappa shape index (κ2) is 6.11. The second-order valence-corrected chi connectivity index (χ2v) is 5.17. The molecular formula is C15H15N5O4. The maximum atomic E-state index is 12.4. The van der Waals surface area contributed by atoms with Crippen LogP contribution in [0.2, 0.25) is 0 Å². The summed E-state index contributed by atoms with van der Waals surface area (Å²) in [4.78, 5) is 27.1. The van der Waals surface area contributed by atoms with E-state index in [0.717, 1.165) is 0 Å². The van der Waals surface area contributed by atoms with E-state index >= 15 is 0 Å². The predicted molar refractivity (Wildman–Crippen MR) is 84.2 cm³/mol. The number of anilines is 1. The summed E-state index contributed by atoms with van der Waals surface area (Å²) < 4.78 is 6.65. The van der Waals surface area contributed by atoms with Crippen molar-refractivity contribution >= 4 is 17.6 Å². The molecule has 3 rings (SSSR count). The Bertz CT molecular complexity index is 842. The highest BCUT2D eigenvalue weighted by Crippen LogP contribution is 2.36. The molecule has 0 bridgehead atoms. The summed E-state index contributed by atoms with van der Waals surface area (Å²) in [7, 11) is 0. The Hall–Kier alpha value is -3.23. The van der Waals surface area contributed by atoms with Crippen LogP contribution in [0.4, 0.5) is 11.6 Å². The number of non-ortho nitro benzene ring substituents is 1. The van der Waals surface area contributed by atoms with Crippen molar-refractivity contribution < 1.29 is 14.5 Å². The number of nitrogens with one attached hydrogen (secondary N) is 1. The molecule has 9 heteroatoms. The van der Waals surface area contributed by atoms with Crippen LogP contribution < -0.4 is 5.32 Å². The van der Waals surface area contributed by atoms with E-state index in [4.69, 9.17) is 4.74 Å². The number of nitrogens with zero attached hydrogens (tertiary/aromatic N) is 4. The molecule has 1 aromatic heterocycles. The molecule has 1 aliphatic rings. The first kappa shape index (κ1) is 15.7. The number of benzene rings is 1. The molecule has 1 unspecified atom stereocenters. The van der Waals surface area contributed by atoms with E-state index in [-0.39, 0.29) is 12.3 Å². The van der Waals surface area contributed by atoms with Crippen molar-refractivity contribution in [2.75, 3.05) is 11.9 Å². The summed E-state index contributed by atoms with van der Waals surface area (Å²) in [5.41, 5.74) is 1.41. The van der Waals surface area contributed by atoms with E-state index in [2.05, 4.69) is 15.4 Å². The molecule has 0 aliphatic carbocycles.